The van der Waals surface area contributed by atoms with E-state index in [2.05, 4.69) is 9.97 Å². The number of hydrogen-bond acceptors (Lipinski definition) is 6. The van der Waals surface area contributed by atoms with Crippen LogP contribution in [0.5, 0.6) is 0 Å². The number of hydrogen-bond donors (Lipinski definition) is 0. The highest BCUT2D eigenvalue weighted by Gasteiger charge is 2.33. The van der Waals surface area contributed by atoms with Crippen LogP contribution in [0, 0.1) is 0 Å². The monoisotopic (exact) mass is 539 g/mol. The number of alkyl halides is 3. The van der Waals surface area contributed by atoms with Crippen molar-refractivity contribution in [1.29, 1.82) is 0 Å². The molecule has 0 amide bonds. The molecule has 0 saturated heterocycles. The van der Waals surface area contributed by atoms with Crippen LogP contribution in [0.4, 0.5) is 18.0 Å². The van der Waals surface area contributed by atoms with E-state index >= 15 is 0 Å². The largest absolute Gasteiger partial charge is 0.443 e. The standard InChI is InChI=1S/C24H21ClF3N3O4S/c1-5-36(33,34)20-9-13-8-15(25)6-7-16(13)30-21(20)19-11-17-18(10-14(12-29-17)24(26,27)28)31(19)22(32)35-23(2,3)4/h6-12H,5H2,1-4H3. The Balaban J connectivity index is 2.12. The number of pyridine rings is 2. The quantitative estimate of drug-likeness (QED) is 0.295. The van der Waals surface area contributed by atoms with E-state index in [0.29, 0.717) is 22.1 Å². The summed E-state index contributed by atoms with van der Waals surface area (Å²) >= 11 is 6.07. The van der Waals surface area contributed by atoms with Gasteiger partial charge in [0.1, 0.15) is 11.3 Å². The molecule has 0 N–H and O–H groups in total. The Morgan fingerprint density at radius 1 is 1.08 bits per heavy atom. The minimum atomic E-state index is -4.72. The first kappa shape index (κ1) is 25.9. The molecule has 0 saturated carbocycles. The van der Waals surface area contributed by atoms with Gasteiger partial charge in [0.05, 0.1) is 38.5 Å². The van der Waals surface area contributed by atoms with Gasteiger partial charge in [0.2, 0.25) is 0 Å². The Morgan fingerprint density at radius 2 is 1.78 bits per heavy atom. The molecule has 0 aliphatic heterocycles. The molecule has 4 rings (SSSR count). The van der Waals surface area contributed by atoms with Crippen LogP contribution in [0.1, 0.15) is 33.3 Å². The number of carbonyl (C=O) groups excluding carboxylic acids is 1. The number of carbonyl (C=O) groups is 1. The second-order valence-corrected chi connectivity index (χ2v) is 11.7. The first-order chi connectivity index (χ1) is 16.6. The molecular formula is C24H21ClF3N3O4S. The highest BCUT2D eigenvalue weighted by atomic mass is 35.5. The summed E-state index contributed by atoms with van der Waals surface area (Å²) in [6, 6.07) is 8.15. The van der Waals surface area contributed by atoms with Gasteiger partial charge in [-0.3, -0.25) is 4.98 Å². The lowest BCUT2D eigenvalue weighted by molar-refractivity contribution is -0.137. The summed E-state index contributed by atoms with van der Waals surface area (Å²) in [6.45, 7) is 6.24. The van der Waals surface area contributed by atoms with Gasteiger partial charge in [-0.2, -0.15) is 13.2 Å². The van der Waals surface area contributed by atoms with Crippen LogP contribution in [0.25, 0.3) is 33.3 Å². The lowest BCUT2D eigenvalue weighted by Gasteiger charge is -2.21. The number of halogens is 4. The van der Waals surface area contributed by atoms with E-state index in [-0.39, 0.29) is 33.1 Å². The fourth-order valence-electron chi connectivity index (χ4n) is 3.62. The van der Waals surface area contributed by atoms with Gasteiger partial charge in [0, 0.05) is 16.6 Å². The SMILES string of the molecule is CCS(=O)(=O)c1cc2cc(Cl)ccc2nc1-c1cc2ncc(C(F)(F)F)cc2n1C(=O)OC(C)(C)C. The molecule has 7 nitrogen and oxygen atoms in total. The van der Waals surface area contributed by atoms with Crippen LogP contribution in [0.3, 0.4) is 0 Å². The molecule has 4 aromatic rings. The summed E-state index contributed by atoms with van der Waals surface area (Å²) in [7, 11) is -3.90. The second-order valence-electron chi connectivity index (χ2n) is 9.05. The van der Waals surface area contributed by atoms with Gasteiger partial charge in [-0.1, -0.05) is 18.5 Å². The van der Waals surface area contributed by atoms with Crippen LogP contribution >= 0.6 is 11.6 Å². The molecular weight excluding hydrogens is 519 g/mol. The van der Waals surface area contributed by atoms with Crippen LogP contribution in [0.15, 0.2) is 47.5 Å². The number of ether oxygens (including phenoxy) is 1. The van der Waals surface area contributed by atoms with Crippen molar-refractivity contribution in [2.24, 2.45) is 0 Å². The van der Waals surface area contributed by atoms with Gasteiger partial charge in [-0.05, 0) is 57.2 Å². The minimum absolute atomic E-state index is 0.0294. The zero-order chi connectivity index (χ0) is 26.6. The minimum Gasteiger partial charge on any atom is -0.443 e. The molecule has 0 aliphatic rings. The third-order valence-corrected chi connectivity index (χ3v) is 7.23. The molecule has 0 aliphatic carbocycles. The predicted molar refractivity (Wildman–Crippen MR) is 130 cm³/mol. The zero-order valence-corrected chi connectivity index (χ0v) is 21.2. The van der Waals surface area contributed by atoms with Crippen molar-refractivity contribution < 1.29 is 31.1 Å². The van der Waals surface area contributed by atoms with Crippen molar-refractivity contribution in [2.45, 2.75) is 44.4 Å². The number of fused-ring (bicyclic) bond motifs is 2. The van der Waals surface area contributed by atoms with Gasteiger partial charge < -0.3 is 4.74 Å². The first-order valence-electron chi connectivity index (χ1n) is 10.8. The van der Waals surface area contributed by atoms with Crippen molar-refractivity contribution >= 4 is 49.5 Å². The highest BCUT2D eigenvalue weighted by molar-refractivity contribution is 7.91. The molecule has 190 valence electrons. The van der Waals surface area contributed by atoms with Crippen molar-refractivity contribution in [3.8, 4) is 11.4 Å². The third kappa shape index (κ3) is 4.90. The summed E-state index contributed by atoms with van der Waals surface area (Å²) in [6.07, 6.45) is -5.08. The van der Waals surface area contributed by atoms with E-state index in [9.17, 15) is 26.4 Å². The van der Waals surface area contributed by atoms with Crippen molar-refractivity contribution in [3.05, 3.63) is 53.2 Å². The average Bonchev–Trinajstić information content (AvgIpc) is 3.15. The maximum Gasteiger partial charge on any atom is 0.419 e. The smallest absolute Gasteiger partial charge is 0.419 e. The fraction of sp³-hybridized carbons (Fsp3) is 0.292. The Kier molecular flexibility index (Phi) is 6.28. The summed E-state index contributed by atoms with van der Waals surface area (Å²) < 4.78 is 72.8. The number of nitrogens with zero attached hydrogens (tertiary/aromatic N) is 3. The molecule has 0 atom stereocenters. The van der Waals surface area contributed by atoms with E-state index in [1.54, 1.807) is 39.0 Å². The van der Waals surface area contributed by atoms with Crippen LogP contribution < -0.4 is 0 Å². The van der Waals surface area contributed by atoms with Gasteiger partial charge in [0.15, 0.2) is 9.84 Å². The van der Waals surface area contributed by atoms with Crippen molar-refractivity contribution in [3.63, 3.8) is 0 Å². The van der Waals surface area contributed by atoms with Gasteiger partial charge in [-0.15, -0.1) is 0 Å². The lowest BCUT2D eigenvalue weighted by atomic mass is 10.1. The maximum absolute atomic E-state index is 13.5. The predicted octanol–water partition coefficient (Wildman–Crippen LogP) is 6.50. The van der Waals surface area contributed by atoms with E-state index in [4.69, 9.17) is 16.3 Å². The second kappa shape index (κ2) is 8.74. The van der Waals surface area contributed by atoms with Crippen LogP contribution in [0.2, 0.25) is 5.02 Å². The van der Waals surface area contributed by atoms with E-state index < -0.39 is 33.3 Å². The number of aromatic nitrogens is 3. The molecule has 0 radical (unpaired) electrons. The number of benzene rings is 1. The fourth-order valence-corrected chi connectivity index (χ4v) is 4.86. The molecule has 12 heteroatoms. The highest BCUT2D eigenvalue weighted by Crippen LogP contribution is 2.37. The molecule has 3 heterocycles. The van der Waals surface area contributed by atoms with E-state index in [1.807, 2.05) is 0 Å². The van der Waals surface area contributed by atoms with Crippen LogP contribution in [-0.4, -0.2) is 40.4 Å². The van der Waals surface area contributed by atoms with Gasteiger partial charge in [0.25, 0.3) is 0 Å². The molecule has 0 fully saturated rings. The van der Waals surface area contributed by atoms with Crippen molar-refractivity contribution in [1.82, 2.24) is 14.5 Å². The number of sulfone groups is 1. The van der Waals surface area contributed by atoms with E-state index in [0.717, 1.165) is 10.6 Å². The number of rotatable bonds is 3. The first-order valence-corrected chi connectivity index (χ1v) is 12.8. The van der Waals surface area contributed by atoms with Gasteiger partial charge >= 0.3 is 12.3 Å². The Bertz CT molecular complexity index is 1620. The third-order valence-electron chi connectivity index (χ3n) is 5.26. The normalized spacial score (nSPS) is 12.9. The summed E-state index contributed by atoms with van der Waals surface area (Å²) in [4.78, 5) is 21.4. The summed E-state index contributed by atoms with van der Waals surface area (Å²) in [5, 5.41) is 0.805. The molecule has 0 unspecified atom stereocenters. The van der Waals surface area contributed by atoms with E-state index in [1.165, 1.54) is 19.1 Å². The molecule has 0 bridgehead atoms. The summed E-state index contributed by atoms with van der Waals surface area (Å²) in [5.74, 6) is -0.281. The summed E-state index contributed by atoms with van der Waals surface area (Å²) in [5.41, 5.74) is -2.07. The molecule has 0 spiro atoms. The lowest BCUT2D eigenvalue weighted by Crippen LogP contribution is -2.27. The average molecular weight is 540 g/mol. The Labute approximate surface area is 209 Å². The Morgan fingerprint density at radius 3 is 2.39 bits per heavy atom. The molecule has 36 heavy (non-hydrogen) atoms. The Hall–Kier alpha value is -3.18. The van der Waals surface area contributed by atoms with Crippen LogP contribution in [-0.2, 0) is 20.8 Å². The topological polar surface area (TPSA) is 91.1 Å². The van der Waals surface area contributed by atoms with Gasteiger partial charge in [-0.25, -0.2) is 22.8 Å². The molecule has 1 aromatic carbocycles. The molecule has 3 aromatic heterocycles. The maximum atomic E-state index is 13.5. The van der Waals surface area contributed by atoms with Crippen molar-refractivity contribution in [2.75, 3.05) is 5.75 Å². The zero-order valence-electron chi connectivity index (χ0n) is 19.6.